The summed E-state index contributed by atoms with van der Waals surface area (Å²) >= 11 is 0. The van der Waals surface area contributed by atoms with Crippen molar-refractivity contribution >= 4 is 15.7 Å². The van der Waals surface area contributed by atoms with E-state index in [2.05, 4.69) is 10.0 Å². The van der Waals surface area contributed by atoms with Crippen LogP contribution in [-0.2, 0) is 10.0 Å². The molecule has 0 fully saturated rings. The van der Waals surface area contributed by atoms with Gasteiger partial charge < -0.3 is 10.4 Å². The Morgan fingerprint density at radius 3 is 2.27 bits per heavy atom. The first-order valence-electron chi connectivity index (χ1n) is 7.47. The van der Waals surface area contributed by atoms with Gasteiger partial charge in [0.05, 0.1) is 16.2 Å². The maximum atomic E-state index is 14.0. The third kappa shape index (κ3) is 4.93. The van der Waals surface area contributed by atoms with Crippen LogP contribution in [0.15, 0.2) is 23.1 Å². The van der Waals surface area contributed by atoms with Crippen molar-refractivity contribution in [1.82, 2.24) is 4.72 Å². The molecule has 0 radical (unpaired) electrons. The molecule has 1 aromatic carbocycles. The van der Waals surface area contributed by atoms with E-state index in [9.17, 15) is 17.9 Å². The number of hydrogen-bond donors (Lipinski definition) is 3. The van der Waals surface area contributed by atoms with E-state index in [1.807, 2.05) is 13.8 Å². The lowest BCUT2D eigenvalue weighted by Gasteiger charge is -2.28. The molecule has 0 unspecified atom stereocenters. The number of benzene rings is 1. The smallest absolute Gasteiger partial charge is 0.240 e. The molecule has 0 amide bonds. The summed E-state index contributed by atoms with van der Waals surface area (Å²) in [5, 5.41) is 13.4. The Balaban J connectivity index is 2.87. The van der Waals surface area contributed by atoms with E-state index in [0.29, 0.717) is 12.8 Å². The molecule has 0 aliphatic heterocycles. The second kappa shape index (κ2) is 7.89. The monoisotopic (exact) mass is 332 g/mol. The lowest BCUT2D eigenvalue weighted by Crippen LogP contribution is -2.36. The number of aliphatic hydroxyl groups is 1. The van der Waals surface area contributed by atoms with Crippen molar-refractivity contribution in [1.29, 1.82) is 0 Å². The van der Waals surface area contributed by atoms with Crippen molar-refractivity contribution in [2.24, 2.45) is 0 Å². The zero-order chi connectivity index (χ0) is 16.8. The predicted molar refractivity (Wildman–Crippen MR) is 85.9 cm³/mol. The van der Waals surface area contributed by atoms with Crippen molar-refractivity contribution < 1.29 is 17.9 Å². The molecule has 5 nitrogen and oxygen atoms in total. The SMILES string of the molecule is CCCC(O)(CCC)CNc1ccc(S(=O)(=O)NC)cc1F. The van der Waals surface area contributed by atoms with Crippen molar-refractivity contribution in [2.45, 2.75) is 50.0 Å². The Kier molecular flexibility index (Phi) is 6.77. The van der Waals surface area contributed by atoms with Gasteiger partial charge in [0.15, 0.2) is 0 Å². The highest BCUT2D eigenvalue weighted by atomic mass is 32.2. The Hall–Kier alpha value is -1.18. The van der Waals surface area contributed by atoms with Gasteiger partial charge in [0.2, 0.25) is 10.0 Å². The Labute approximate surface area is 132 Å². The minimum atomic E-state index is -3.67. The number of hydrogen-bond acceptors (Lipinski definition) is 4. The molecule has 0 aliphatic carbocycles. The first kappa shape index (κ1) is 18.9. The van der Waals surface area contributed by atoms with E-state index in [1.165, 1.54) is 19.2 Å². The van der Waals surface area contributed by atoms with E-state index in [-0.39, 0.29) is 17.1 Å². The molecule has 126 valence electrons. The molecule has 0 saturated carbocycles. The summed E-state index contributed by atoms with van der Waals surface area (Å²) < 4.78 is 39.4. The van der Waals surface area contributed by atoms with Crippen LogP contribution in [0.2, 0.25) is 0 Å². The number of sulfonamides is 1. The van der Waals surface area contributed by atoms with Gasteiger partial charge in [0.25, 0.3) is 0 Å². The molecule has 0 aromatic heterocycles. The van der Waals surface area contributed by atoms with Crippen molar-refractivity contribution in [3.8, 4) is 0 Å². The van der Waals surface area contributed by atoms with Gasteiger partial charge in [-0.25, -0.2) is 17.5 Å². The summed E-state index contributed by atoms with van der Waals surface area (Å²) in [6, 6.07) is 3.67. The second-order valence-electron chi connectivity index (χ2n) is 5.43. The highest BCUT2D eigenvalue weighted by molar-refractivity contribution is 7.89. The maximum absolute atomic E-state index is 14.0. The minimum Gasteiger partial charge on any atom is -0.388 e. The summed E-state index contributed by atoms with van der Waals surface area (Å²) in [6.07, 6.45) is 2.92. The van der Waals surface area contributed by atoms with Crippen molar-refractivity contribution in [3.63, 3.8) is 0 Å². The number of nitrogens with one attached hydrogen (secondary N) is 2. The van der Waals surface area contributed by atoms with Gasteiger partial charge in [0.1, 0.15) is 5.82 Å². The van der Waals surface area contributed by atoms with Crippen LogP contribution in [0.5, 0.6) is 0 Å². The first-order valence-corrected chi connectivity index (χ1v) is 8.95. The average molecular weight is 332 g/mol. The van der Waals surface area contributed by atoms with Crippen LogP contribution in [0.3, 0.4) is 0 Å². The van der Waals surface area contributed by atoms with Crippen LogP contribution in [0.1, 0.15) is 39.5 Å². The van der Waals surface area contributed by atoms with Crippen LogP contribution in [0.4, 0.5) is 10.1 Å². The zero-order valence-electron chi connectivity index (χ0n) is 13.3. The van der Waals surface area contributed by atoms with Crippen LogP contribution < -0.4 is 10.0 Å². The fourth-order valence-corrected chi connectivity index (χ4v) is 3.16. The molecule has 0 spiro atoms. The summed E-state index contributed by atoms with van der Waals surface area (Å²) in [5.74, 6) is -0.660. The molecule has 0 heterocycles. The number of rotatable bonds is 9. The molecule has 1 aromatic rings. The molecule has 0 bridgehead atoms. The van der Waals surface area contributed by atoms with Crippen LogP contribution in [0, 0.1) is 5.82 Å². The topological polar surface area (TPSA) is 78.4 Å². The first-order chi connectivity index (χ1) is 10.3. The van der Waals surface area contributed by atoms with Gasteiger partial charge in [-0.2, -0.15) is 0 Å². The Morgan fingerprint density at radius 2 is 1.82 bits per heavy atom. The molecule has 7 heteroatoms. The molecule has 3 N–H and O–H groups in total. The number of anilines is 1. The van der Waals surface area contributed by atoms with Gasteiger partial charge in [-0.15, -0.1) is 0 Å². The largest absolute Gasteiger partial charge is 0.388 e. The van der Waals surface area contributed by atoms with Gasteiger partial charge in [-0.05, 0) is 38.1 Å². The molecule has 0 atom stereocenters. The zero-order valence-corrected chi connectivity index (χ0v) is 14.1. The summed E-state index contributed by atoms with van der Waals surface area (Å²) in [6.45, 7) is 4.20. The van der Waals surface area contributed by atoms with Crippen molar-refractivity contribution in [2.75, 3.05) is 18.9 Å². The van der Waals surface area contributed by atoms with Gasteiger partial charge >= 0.3 is 0 Å². The van der Waals surface area contributed by atoms with E-state index in [0.717, 1.165) is 18.9 Å². The quantitative estimate of drug-likeness (QED) is 0.649. The van der Waals surface area contributed by atoms with E-state index in [4.69, 9.17) is 0 Å². The number of halogens is 1. The lowest BCUT2D eigenvalue weighted by molar-refractivity contribution is 0.0343. The normalized spacial score (nSPS) is 12.4. The third-order valence-corrected chi connectivity index (χ3v) is 4.97. The molecule has 0 aliphatic rings. The lowest BCUT2D eigenvalue weighted by atomic mass is 9.92. The molecule has 1 rings (SSSR count). The van der Waals surface area contributed by atoms with E-state index in [1.54, 1.807) is 0 Å². The third-order valence-electron chi connectivity index (χ3n) is 3.56. The highest BCUT2D eigenvalue weighted by Crippen LogP contribution is 2.23. The van der Waals surface area contributed by atoms with Crippen LogP contribution in [-0.4, -0.2) is 32.7 Å². The Bertz CT molecular complexity index is 584. The summed E-state index contributed by atoms with van der Waals surface area (Å²) in [5.41, 5.74) is -0.702. The second-order valence-corrected chi connectivity index (χ2v) is 7.31. The summed E-state index contributed by atoms with van der Waals surface area (Å²) in [7, 11) is -2.39. The fraction of sp³-hybridized carbons (Fsp3) is 0.600. The molecular weight excluding hydrogens is 307 g/mol. The van der Waals surface area contributed by atoms with Crippen molar-refractivity contribution in [3.05, 3.63) is 24.0 Å². The standard InChI is InChI=1S/C15H25FN2O3S/c1-4-8-15(19,9-5-2)11-18-14-7-6-12(10-13(14)16)22(20,21)17-3/h6-7,10,17-19H,4-5,8-9,11H2,1-3H3. The summed E-state index contributed by atoms with van der Waals surface area (Å²) in [4.78, 5) is -0.129. The molecule has 0 saturated heterocycles. The predicted octanol–water partition coefficient (Wildman–Crippen LogP) is 2.48. The van der Waals surface area contributed by atoms with E-state index < -0.39 is 21.4 Å². The average Bonchev–Trinajstić information content (AvgIpc) is 2.46. The highest BCUT2D eigenvalue weighted by Gasteiger charge is 2.25. The maximum Gasteiger partial charge on any atom is 0.240 e. The fourth-order valence-electron chi connectivity index (χ4n) is 2.42. The molecular formula is C15H25FN2O3S. The van der Waals surface area contributed by atoms with Gasteiger partial charge in [-0.1, -0.05) is 26.7 Å². The Morgan fingerprint density at radius 1 is 1.23 bits per heavy atom. The molecule has 22 heavy (non-hydrogen) atoms. The van der Waals surface area contributed by atoms with Gasteiger partial charge in [0, 0.05) is 6.54 Å². The van der Waals surface area contributed by atoms with Crippen LogP contribution >= 0.6 is 0 Å². The van der Waals surface area contributed by atoms with Gasteiger partial charge in [-0.3, -0.25) is 0 Å². The van der Waals surface area contributed by atoms with E-state index >= 15 is 0 Å². The van der Waals surface area contributed by atoms with Crippen LogP contribution in [0.25, 0.3) is 0 Å². The minimum absolute atomic E-state index is 0.129.